The average molecular weight is 681 g/mol. The number of fused-ring (bicyclic) bond motifs is 8. The lowest BCUT2D eigenvalue weighted by atomic mass is 9.77. The number of benzene rings is 3. The molecule has 0 aromatic heterocycles. The van der Waals surface area contributed by atoms with Gasteiger partial charge in [-0.3, -0.25) is 10.6 Å². The minimum atomic E-state index is -2.33. The lowest BCUT2D eigenvalue weighted by Gasteiger charge is -2.48. The smallest absolute Gasteiger partial charge is 0.340 e. The molecule has 8 rings (SSSR count). The molecule has 5 aliphatic rings. The van der Waals surface area contributed by atoms with Gasteiger partial charge in [0.1, 0.15) is 13.7 Å². The Bertz CT molecular complexity index is 1690. The molecule has 2 atom stereocenters. The highest BCUT2D eigenvalue weighted by molar-refractivity contribution is 7.03. The van der Waals surface area contributed by atoms with Crippen molar-refractivity contribution in [2.45, 2.75) is 101 Å². The monoisotopic (exact) mass is 680 g/mol. The third kappa shape index (κ3) is 5.68. The Morgan fingerprint density at radius 1 is 0.776 bits per heavy atom. The van der Waals surface area contributed by atoms with E-state index in [9.17, 15) is 9.59 Å². The van der Waals surface area contributed by atoms with E-state index < -0.39 is 25.2 Å². The van der Waals surface area contributed by atoms with E-state index in [-0.39, 0.29) is 18.1 Å². The first kappa shape index (κ1) is 32.8. The van der Waals surface area contributed by atoms with Crippen molar-refractivity contribution in [3.05, 3.63) is 93.5 Å². The molecule has 258 valence electrons. The van der Waals surface area contributed by atoms with E-state index in [1.807, 2.05) is 26.8 Å². The van der Waals surface area contributed by atoms with Crippen LogP contribution in [0.3, 0.4) is 0 Å². The van der Waals surface area contributed by atoms with Crippen molar-refractivity contribution >= 4 is 30.4 Å². The number of esters is 2. The Hall–Kier alpha value is -3.34. The Morgan fingerprint density at radius 2 is 1.37 bits per heavy atom. The normalized spacial score (nSPS) is 26.2. The summed E-state index contributed by atoms with van der Waals surface area (Å²) in [4.78, 5) is 27.4. The minimum Gasteiger partial charge on any atom is -0.456 e. The molecule has 49 heavy (non-hydrogen) atoms. The summed E-state index contributed by atoms with van der Waals surface area (Å²) in [6, 6.07) is 21.9. The van der Waals surface area contributed by atoms with Crippen LogP contribution in [-0.4, -0.2) is 52.3 Å². The molecule has 9 heteroatoms. The molecule has 2 unspecified atom stereocenters. The summed E-state index contributed by atoms with van der Waals surface area (Å²) >= 11 is 0. The highest BCUT2D eigenvalue weighted by Gasteiger charge is 2.58. The molecule has 2 spiro atoms. The average Bonchev–Trinajstić information content (AvgIpc) is 3.39. The highest BCUT2D eigenvalue weighted by atomic mass is 28.3. The van der Waals surface area contributed by atoms with E-state index in [2.05, 4.69) is 47.0 Å². The molecular formula is C40H48N2O6Si. The topological polar surface area (TPSA) is 95.1 Å². The van der Waals surface area contributed by atoms with E-state index in [0.29, 0.717) is 24.6 Å². The molecule has 2 N–H and O–H groups in total. The lowest BCUT2D eigenvalue weighted by molar-refractivity contribution is 0.00691. The maximum absolute atomic E-state index is 14.0. The van der Waals surface area contributed by atoms with E-state index in [1.54, 1.807) is 12.1 Å². The van der Waals surface area contributed by atoms with Gasteiger partial charge in [0.05, 0.1) is 24.6 Å². The van der Waals surface area contributed by atoms with Crippen molar-refractivity contribution in [2.24, 2.45) is 0 Å². The standard InChI is InChI=1S/C40H48N2O6Si/c1-39(2,3)47-37(43)28-11-14-29-32(21-28)40(48-38(29)44)30-15-12-26(33-9-7-17-45-24-41-33)22-35(30)49(19-5-4-6-20-49)36-23-27(13-16-31(36)40)34-10-8-18-46-25-42-34/h11-16,21-23,33-34,41-42H,4-10,17-20,24-25H2,1-3H3. The first-order valence-electron chi connectivity index (χ1n) is 18.2. The van der Waals surface area contributed by atoms with E-state index in [4.69, 9.17) is 18.9 Å². The number of carbonyl (C=O) groups is 2. The SMILES string of the molecule is CC(C)(C)OC(=O)c1ccc2c(c1)C1(OC2=O)c2ccc(C3CCCOCN3)cc2[Si]2(CCCCC2)c2cc(C3CCCOCN3)ccc21. The number of hydrogen-bond donors (Lipinski definition) is 2. The van der Waals surface area contributed by atoms with E-state index in [1.165, 1.54) is 40.8 Å². The second-order valence-corrected chi connectivity index (χ2v) is 19.7. The second kappa shape index (κ2) is 12.8. The third-order valence-corrected chi connectivity index (χ3v) is 16.6. The second-order valence-electron chi connectivity index (χ2n) is 15.5. The van der Waals surface area contributed by atoms with Crippen LogP contribution in [0.2, 0.25) is 12.1 Å². The van der Waals surface area contributed by atoms with Gasteiger partial charge in [0.15, 0.2) is 5.60 Å². The molecule has 0 saturated carbocycles. The largest absolute Gasteiger partial charge is 0.456 e. The van der Waals surface area contributed by atoms with Crippen LogP contribution >= 0.6 is 0 Å². The zero-order valence-electron chi connectivity index (χ0n) is 29.0. The predicted molar refractivity (Wildman–Crippen MR) is 190 cm³/mol. The molecule has 8 nitrogen and oxygen atoms in total. The Labute approximate surface area is 290 Å². The van der Waals surface area contributed by atoms with Crippen LogP contribution in [0.1, 0.15) is 126 Å². The van der Waals surface area contributed by atoms with Gasteiger partial charge in [0.25, 0.3) is 0 Å². The number of carbonyl (C=O) groups excluding carboxylic acids is 2. The quantitative estimate of drug-likeness (QED) is 0.259. The fraction of sp³-hybridized carbons (Fsp3) is 0.500. The van der Waals surface area contributed by atoms with Crippen LogP contribution < -0.4 is 21.0 Å². The number of rotatable bonds is 3. The van der Waals surface area contributed by atoms with Gasteiger partial charge in [-0.05, 0) is 98.2 Å². The van der Waals surface area contributed by atoms with E-state index >= 15 is 0 Å². The van der Waals surface area contributed by atoms with Gasteiger partial charge in [0.2, 0.25) is 0 Å². The van der Waals surface area contributed by atoms with Crippen LogP contribution in [0, 0.1) is 0 Å². The molecule has 0 bridgehead atoms. The van der Waals surface area contributed by atoms with Crippen molar-refractivity contribution < 1.29 is 28.5 Å². The molecule has 5 aliphatic heterocycles. The third-order valence-electron chi connectivity index (χ3n) is 11.3. The maximum atomic E-state index is 14.0. The predicted octanol–water partition coefficient (Wildman–Crippen LogP) is 5.96. The lowest BCUT2D eigenvalue weighted by Crippen LogP contribution is -2.67. The van der Waals surface area contributed by atoms with Gasteiger partial charge in [-0.2, -0.15) is 0 Å². The van der Waals surface area contributed by atoms with Crippen LogP contribution in [-0.2, 0) is 24.5 Å². The summed E-state index contributed by atoms with van der Waals surface area (Å²) in [5.41, 5.74) is 4.50. The Kier molecular flexibility index (Phi) is 8.55. The molecule has 0 aliphatic carbocycles. The molecule has 5 heterocycles. The van der Waals surface area contributed by atoms with Crippen molar-refractivity contribution in [2.75, 3.05) is 26.7 Å². The Morgan fingerprint density at radius 3 is 1.94 bits per heavy atom. The fourth-order valence-electron chi connectivity index (χ4n) is 9.09. The summed E-state index contributed by atoms with van der Waals surface area (Å²) in [6.07, 6.45) is 7.64. The highest BCUT2D eigenvalue weighted by Crippen LogP contribution is 2.51. The van der Waals surface area contributed by atoms with Crippen LogP contribution in [0.25, 0.3) is 0 Å². The number of ether oxygens (including phenoxy) is 4. The van der Waals surface area contributed by atoms with Crippen LogP contribution in [0.4, 0.5) is 0 Å². The molecule has 3 aromatic rings. The van der Waals surface area contributed by atoms with Gasteiger partial charge in [-0.25, -0.2) is 9.59 Å². The molecule has 0 radical (unpaired) electrons. The molecule has 0 amide bonds. The van der Waals surface area contributed by atoms with Crippen molar-refractivity contribution in [1.82, 2.24) is 10.6 Å². The van der Waals surface area contributed by atoms with Crippen LogP contribution in [0.5, 0.6) is 0 Å². The van der Waals surface area contributed by atoms with Gasteiger partial charge in [-0.1, -0.05) is 55.7 Å². The Balaban J connectivity index is 1.37. The maximum Gasteiger partial charge on any atom is 0.340 e. The number of hydrogen-bond acceptors (Lipinski definition) is 8. The first-order valence-corrected chi connectivity index (χ1v) is 20.6. The molecule has 3 saturated heterocycles. The van der Waals surface area contributed by atoms with Gasteiger partial charge in [0, 0.05) is 42.0 Å². The van der Waals surface area contributed by atoms with Crippen molar-refractivity contribution in [3.8, 4) is 0 Å². The summed E-state index contributed by atoms with van der Waals surface area (Å²) in [7, 11) is -2.33. The van der Waals surface area contributed by atoms with Crippen LogP contribution in [0.15, 0.2) is 54.6 Å². The summed E-state index contributed by atoms with van der Waals surface area (Å²) in [5.74, 6) is -0.768. The zero-order chi connectivity index (χ0) is 33.8. The summed E-state index contributed by atoms with van der Waals surface area (Å²) in [5, 5.41) is 10.0. The summed E-state index contributed by atoms with van der Waals surface area (Å²) < 4.78 is 24.1. The summed E-state index contributed by atoms with van der Waals surface area (Å²) in [6.45, 7) is 8.21. The van der Waals surface area contributed by atoms with Gasteiger partial charge < -0.3 is 18.9 Å². The minimum absolute atomic E-state index is 0.193. The van der Waals surface area contributed by atoms with Gasteiger partial charge in [-0.15, -0.1) is 0 Å². The fourth-order valence-corrected chi connectivity index (χ4v) is 14.8. The number of nitrogens with one attached hydrogen (secondary N) is 2. The van der Waals surface area contributed by atoms with Crippen molar-refractivity contribution in [3.63, 3.8) is 0 Å². The first-order chi connectivity index (χ1) is 23.7. The van der Waals surface area contributed by atoms with E-state index in [0.717, 1.165) is 67.7 Å². The molecule has 3 aromatic carbocycles. The zero-order valence-corrected chi connectivity index (χ0v) is 30.0. The molecule has 3 fully saturated rings. The molecular weight excluding hydrogens is 633 g/mol. The van der Waals surface area contributed by atoms with Crippen molar-refractivity contribution in [1.29, 1.82) is 0 Å². The van der Waals surface area contributed by atoms with Gasteiger partial charge >= 0.3 is 11.9 Å².